The van der Waals surface area contributed by atoms with Crippen molar-refractivity contribution in [2.24, 2.45) is 0 Å². The van der Waals surface area contributed by atoms with Crippen molar-refractivity contribution in [3.8, 4) is 17.2 Å². The number of ether oxygens (including phenoxy) is 1. The fourth-order valence-electron chi connectivity index (χ4n) is 1.92. The summed E-state index contributed by atoms with van der Waals surface area (Å²) in [7, 11) is 0. The molecule has 0 aliphatic rings. The van der Waals surface area contributed by atoms with E-state index < -0.39 is 0 Å². The standard InChI is InChI=1S/C15H12O3S/c16-11-5-6-15-12(7-11)10(9-19-15)8-18-14-4-2-1-3-13(14)17/h1-7,9,16-17H,8H2. The summed E-state index contributed by atoms with van der Waals surface area (Å²) in [6.45, 7) is 0.362. The number of phenolic OH excluding ortho intramolecular Hbond substituents is 2. The summed E-state index contributed by atoms with van der Waals surface area (Å²) in [5, 5.41) is 22.2. The summed E-state index contributed by atoms with van der Waals surface area (Å²) in [6.07, 6.45) is 0. The summed E-state index contributed by atoms with van der Waals surface area (Å²) in [6, 6.07) is 12.2. The van der Waals surface area contributed by atoms with Gasteiger partial charge in [0, 0.05) is 15.6 Å². The normalized spacial score (nSPS) is 10.7. The summed E-state index contributed by atoms with van der Waals surface area (Å²) >= 11 is 1.61. The maximum atomic E-state index is 9.63. The van der Waals surface area contributed by atoms with Crippen LogP contribution in [0.25, 0.3) is 10.1 Å². The van der Waals surface area contributed by atoms with E-state index in [4.69, 9.17) is 4.74 Å². The molecule has 0 atom stereocenters. The number of hydrogen-bond acceptors (Lipinski definition) is 4. The van der Waals surface area contributed by atoms with E-state index >= 15 is 0 Å². The Morgan fingerprint density at radius 1 is 1.05 bits per heavy atom. The minimum atomic E-state index is 0.130. The molecule has 0 saturated carbocycles. The number of thiophene rings is 1. The number of aromatic hydroxyl groups is 2. The van der Waals surface area contributed by atoms with E-state index in [2.05, 4.69) is 0 Å². The molecule has 2 aromatic carbocycles. The molecule has 0 fully saturated rings. The third-order valence-electron chi connectivity index (χ3n) is 2.89. The van der Waals surface area contributed by atoms with Crippen LogP contribution in [-0.4, -0.2) is 10.2 Å². The van der Waals surface area contributed by atoms with Gasteiger partial charge in [0.15, 0.2) is 11.5 Å². The number of benzene rings is 2. The van der Waals surface area contributed by atoms with Crippen LogP contribution in [0.5, 0.6) is 17.2 Å². The van der Waals surface area contributed by atoms with Gasteiger partial charge < -0.3 is 14.9 Å². The molecule has 1 heterocycles. The van der Waals surface area contributed by atoms with Gasteiger partial charge in [-0.15, -0.1) is 11.3 Å². The molecule has 0 aliphatic heterocycles. The molecule has 1 aromatic heterocycles. The maximum absolute atomic E-state index is 9.63. The molecule has 0 radical (unpaired) electrons. The van der Waals surface area contributed by atoms with E-state index in [-0.39, 0.29) is 11.5 Å². The molecular weight excluding hydrogens is 260 g/mol. The van der Waals surface area contributed by atoms with Gasteiger partial charge in [-0.25, -0.2) is 0 Å². The Morgan fingerprint density at radius 2 is 1.89 bits per heavy atom. The van der Waals surface area contributed by atoms with Gasteiger partial charge in [-0.2, -0.15) is 0 Å². The third-order valence-corrected chi connectivity index (χ3v) is 3.90. The largest absolute Gasteiger partial charge is 0.508 e. The minimum absolute atomic E-state index is 0.130. The lowest BCUT2D eigenvalue weighted by atomic mass is 10.2. The van der Waals surface area contributed by atoms with Gasteiger partial charge >= 0.3 is 0 Å². The fourth-order valence-corrected chi connectivity index (χ4v) is 2.84. The first-order valence-electron chi connectivity index (χ1n) is 5.84. The third kappa shape index (κ3) is 2.35. The predicted molar refractivity (Wildman–Crippen MR) is 75.9 cm³/mol. The lowest BCUT2D eigenvalue weighted by Crippen LogP contribution is -1.94. The van der Waals surface area contributed by atoms with Crippen LogP contribution in [0, 0.1) is 0 Å². The highest BCUT2D eigenvalue weighted by Gasteiger charge is 2.07. The van der Waals surface area contributed by atoms with E-state index in [1.807, 2.05) is 17.5 Å². The molecule has 0 spiro atoms. The molecule has 0 unspecified atom stereocenters. The zero-order chi connectivity index (χ0) is 13.2. The second kappa shape index (κ2) is 4.82. The van der Waals surface area contributed by atoms with Gasteiger partial charge in [-0.3, -0.25) is 0 Å². The van der Waals surface area contributed by atoms with Gasteiger partial charge in [0.1, 0.15) is 12.4 Å². The van der Waals surface area contributed by atoms with E-state index in [9.17, 15) is 10.2 Å². The molecule has 19 heavy (non-hydrogen) atoms. The Hall–Kier alpha value is -2.20. The lowest BCUT2D eigenvalue weighted by Gasteiger charge is -2.07. The highest BCUT2D eigenvalue weighted by atomic mass is 32.1. The van der Waals surface area contributed by atoms with Crippen molar-refractivity contribution in [1.82, 2.24) is 0 Å². The number of fused-ring (bicyclic) bond motifs is 1. The highest BCUT2D eigenvalue weighted by Crippen LogP contribution is 2.31. The van der Waals surface area contributed by atoms with E-state index in [0.29, 0.717) is 12.4 Å². The molecule has 0 aliphatic carbocycles. The summed E-state index contributed by atoms with van der Waals surface area (Å²) < 4.78 is 6.71. The Morgan fingerprint density at radius 3 is 2.74 bits per heavy atom. The Labute approximate surface area is 114 Å². The number of rotatable bonds is 3. The number of para-hydroxylation sites is 2. The molecule has 4 heteroatoms. The van der Waals surface area contributed by atoms with Crippen LogP contribution < -0.4 is 4.74 Å². The smallest absolute Gasteiger partial charge is 0.161 e. The first-order valence-corrected chi connectivity index (χ1v) is 6.72. The first kappa shape index (κ1) is 11.9. The van der Waals surface area contributed by atoms with Crippen LogP contribution >= 0.6 is 11.3 Å². The van der Waals surface area contributed by atoms with Crippen molar-refractivity contribution < 1.29 is 14.9 Å². The van der Waals surface area contributed by atoms with Crippen LogP contribution in [-0.2, 0) is 6.61 Å². The molecule has 96 valence electrons. The molecule has 3 nitrogen and oxygen atoms in total. The van der Waals surface area contributed by atoms with Crippen molar-refractivity contribution >= 4 is 21.4 Å². The first-order chi connectivity index (χ1) is 9.24. The van der Waals surface area contributed by atoms with Crippen LogP contribution in [0.3, 0.4) is 0 Å². The van der Waals surface area contributed by atoms with Crippen LogP contribution in [0.4, 0.5) is 0 Å². The molecule has 3 rings (SSSR count). The Balaban J connectivity index is 1.86. The molecule has 0 saturated heterocycles. The van der Waals surface area contributed by atoms with Gasteiger partial charge in [0.2, 0.25) is 0 Å². The predicted octanol–water partition coefficient (Wildman–Crippen LogP) is 3.89. The molecule has 0 bridgehead atoms. The van der Waals surface area contributed by atoms with Crippen LogP contribution in [0.15, 0.2) is 47.8 Å². The second-order valence-electron chi connectivity index (χ2n) is 4.20. The van der Waals surface area contributed by atoms with Crippen molar-refractivity contribution in [1.29, 1.82) is 0 Å². The summed E-state index contributed by atoms with van der Waals surface area (Å²) in [4.78, 5) is 0. The zero-order valence-electron chi connectivity index (χ0n) is 10.0. The highest BCUT2D eigenvalue weighted by molar-refractivity contribution is 7.17. The fraction of sp³-hybridized carbons (Fsp3) is 0.0667. The zero-order valence-corrected chi connectivity index (χ0v) is 10.9. The lowest BCUT2D eigenvalue weighted by molar-refractivity contribution is 0.290. The van der Waals surface area contributed by atoms with E-state index in [1.165, 1.54) is 0 Å². The summed E-state index contributed by atoms with van der Waals surface area (Å²) in [5.74, 6) is 0.835. The number of phenols is 2. The molecule has 2 N–H and O–H groups in total. The van der Waals surface area contributed by atoms with Crippen LogP contribution in [0.2, 0.25) is 0 Å². The second-order valence-corrected chi connectivity index (χ2v) is 5.11. The monoisotopic (exact) mass is 272 g/mol. The SMILES string of the molecule is Oc1ccc2scc(COc3ccccc3O)c2c1. The topological polar surface area (TPSA) is 49.7 Å². The number of hydrogen-bond donors (Lipinski definition) is 2. The Kier molecular flexibility index (Phi) is 3.01. The molecule has 0 amide bonds. The van der Waals surface area contributed by atoms with Crippen molar-refractivity contribution in [2.45, 2.75) is 6.61 Å². The minimum Gasteiger partial charge on any atom is -0.508 e. The van der Waals surface area contributed by atoms with Gasteiger partial charge in [-0.05, 0) is 35.7 Å². The van der Waals surface area contributed by atoms with Crippen molar-refractivity contribution in [3.05, 3.63) is 53.4 Å². The average molecular weight is 272 g/mol. The average Bonchev–Trinajstić information content (AvgIpc) is 2.80. The quantitative estimate of drug-likeness (QED) is 0.760. The summed E-state index contributed by atoms with van der Waals surface area (Å²) in [5.41, 5.74) is 0.999. The van der Waals surface area contributed by atoms with Crippen molar-refractivity contribution in [3.63, 3.8) is 0 Å². The van der Waals surface area contributed by atoms with Gasteiger partial charge in [-0.1, -0.05) is 12.1 Å². The van der Waals surface area contributed by atoms with Crippen molar-refractivity contribution in [2.75, 3.05) is 0 Å². The van der Waals surface area contributed by atoms with E-state index in [1.54, 1.807) is 41.7 Å². The van der Waals surface area contributed by atoms with E-state index in [0.717, 1.165) is 15.6 Å². The maximum Gasteiger partial charge on any atom is 0.161 e. The molecular formula is C15H12O3S. The van der Waals surface area contributed by atoms with Crippen LogP contribution in [0.1, 0.15) is 5.56 Å². The van der Waals surface area contributed by atoms with Gasteiger partial charge in [0.25, 0.3) is 0 Å². The Bertz CT molecular complexity index is 718. The molecule has 3 aromatic rings. The van der Waals surface area contributed by atoms with Gasteiger partial charge in [0.05, 0.1) is 0 Å².